The van der Waals surface area contributed by atoms with Crippen LogP contribution in [0.1, 0.15) is 77.6 Å². The van der Waals surface area contributed by atoms with E-state index in [1.54, 1.807) is 0 Å². The number of imidazole rings is 1. The Morgan fingerprint density at radius 3 is 1.83 bits per heavy atom. The molecule has 0 spiro atoms. The lowest BCUT2D eigenvalue weighted by molar-refractivity contribution is 0.446. The first-order valence-electron chi connectivity index (χ1n) is 22.0. The predicted octanol–water partition coefficient (Wildman–Crippen LogP) is 15.4. The first-order valence-corrected chi connectivity index (χ1v) is 22.0. The van der Waals surface area contributed by atoms with Gasteiger partial charge in [0.05, 0.1) is 28.0 Å². The largest absolute Gasteiger partial charge is 0.507 e. The molecule has 0 saturated carbocycles. The summed E-state index contributed by atoms with van der Waals surface area (Å²) in [6, 6.07) is 58.3. The highest BCUT2D eigenvalue weighted by Crippen LogP contribution is 2.50. The van der Waals surface area contributed by atoms with Crippen molar-refractivity contribution in [3.8, 4) is 78.6 Å². The monoisotopic (exact) mass is 819 g/mol. The van der Waals surface area contributed by atoms with E-state index in [-0.39, 0.29) is 22.0 Å². The molecule has 1 aliphatic rings. The van der Waals surface area contributed by atoms with Gasteiger partial charge < -0.3 is 5.11 Å². The summed E-state index contributed by atoms with van der Waals surface area (Å²) in [7, 11) is 0. The van der Waals surface area contributed by atoms with E-state index in [4.69, 9.17) is 9.97 Å². The number of phenols is 1. The highest BCUT2D eigenvalue weighted by Gasteiger charge is 2.36. The van der Waals surface area contributed by atoms with Gasteiger partial charge in [0.25, 0.3) is 0 Å². The molecule has 310 valence electrons. The van der Waals surface area contributed by atoms with Crippen LogP contribution in [0.2, 0.25) is 0 Å². The van der Waals surface area contributed by atoms with Crippen LogP contribution in [0.3, 0.4) is 0 Å². The van der Waals surface area contributed by atoms with E-state index < -0.39 is 0 Å². The number of rotatable bonds is 6. The highest BCUT2D eigenvalue weighted by molar-refractivity contribution is 5.98. The van der Waals surface area contributed by atoms with Crippen LogP contribution in [0.15, 0.2) is 170 Å². The summed E-state index contributed by atoms with van der Waals surface area (Å²) < 4.78 is 2.26. The molecule has 1 aliphatic carbocycles. The number of benzene rings is 7. The van der Waals surface area contributed by atoms with E-state index in [1.807, 2.05) is 0 Å². The molecule has 0 radical (unpaired) electrons. The van der Waals surface area contributed by atoms with Crippen molar-refractivity contribution in [2.75, 3.05) is 0 Å². The van der Waals surface area contributed by atoms with Gasteiger partial charge in [0.15, 0.2) is 0 Å². The molecular formula is C59H53N3O. The number of fused-ring (bicyclic) bond motifs is 4. The zero-order valence-corrected chi connectivity index (χ0v) is 37.5. The van der Waals surface area contributed by atoms with Crippen LogP contribution in [0, 0.1) is 0 Å². The fraction of sp³-hybridized carbons (Fsp3) is 0.186. The summed E-state index contributed by atoms with van der Waals surface area (Å²) in [6.07, 6.45) is 2.07. The number of hydrogen-bond acceptors (Lipinski definition) is 3. The summed E-state index contributed by atoms with van der Waals surface area (Å²) in [5.74, 6) is 0.948. The topological polar surface area (TPSA) is 50.9 Å². The van der Waals surface area contributed by atoms with Crippen molar-refractivity contribution in [1.82, 2.24) is 14.5 Å². The second-order valence-corrected chi connectivity index (χ2v) is 19.7. The third-order valence-corrected chi connectivity index (χ3v) is 13.1. The molecule has 0 amide bonds. The number of phenolic OH excluding ortho intramolecular Hbond substituents is 1. The van der Waals surface area contributed by atoms with Crippen LogP contribution in [0.5, 0.6) is 5.75 Å². The molecule has 7 aromatic carbocycles. The third-order valence-electron chi connectivity index (χ3n) is 13.1. The first-order chi connectivity index (χ1) is 30.2. The van der Waals surface area contributed by atoms with Gasteiger partial charge in [-0.1, -0.05) is 177 Å². The van der Waals surface area contributed by atoms with Crippen molar-refractivity contribution in [3.05, 3.63) is 192 Å². The second kappa shape index (κ2) is 14.8. The lowest BCUT2D eigenvalue weighted by atomic mass is 9.79. The molecule has 0 bridgehead atoms. The fourth-order valence-corrected chi connectivity index (χ4v) is 9.58. The van der Waals surface area contributed by atoms with E-state index in [2.05, 4.69) is 230 Å². The van der Waals surface area contributed by atoms with Crippen molar-refractivity contribution in [2.24, 2.45) is 0 Å². The molecule has 2 heterocycles. The van der Waals surface area contributed by atoms with E-state index >= 15 is 0 Å². The summed E-state index contributed by atoms with van der Waals surface area (Å²) in [5.41, 5.74) is 18.4. The Labute approximate surface area is 371 Å². The van der Waals surface area contributed by atoms with Gasteiger partial charge in [0.2, 0.25) is 0 Å². The number of para-hydroxylation sites is 2. The number of hydrogen-bond donors (Lipinski definition) is 1. The van der Waals surface area contributed by atoms with E-state index in [9.17, 15) is 5.11 Å². The van der Waals surface area contributed by atoms with Crippen molar-refractivity contribution >= 4 is 11.0 Å². The molecule has 0 atom stereocenters. The van der Waals surface area contributed by atoms with Crippen LogP contribution in [-0.2, 0) is 16.2 Å². The Balaban J connectivity index is 1.26. The van der Waals surface area contributed by atoms with Gasteiger partial charge >= 0.3 is 0 Å². The maximum absolute atomic E-state index is 12.5. The molecule has 9 aromatic rings. The number of pyridine rings is 1. The molecule has 4 nitrogen and oxygen atoms in total. The smallest absolute Gasteiger partial charge is 0.149 e. The third kappa shape index (κ3) is 6.85. The van der Waals surface area contributed by atoms with Gasteiger partial charge in [0, 0.05) is 39.4 Å². The Bertz CT molecular complexity index is 3210. The maximum Gasteiger partial charge on any atom is 0.149 e. The zero-order chi connectivity index (χ0) is 43.8. The average molecular weight is 820 g/mol. The molecule has 4 heteroatoms. The second-order valence-electron chi connectivity index (χ2n) is 19.7. The van der Waals surface area contributed by atoms with Crippen LogP contribution in [0.25, 0.3) is 83.9 Å². The van der Waals surface area contributed by atoms with E-state index in [0.29, 0.717) is 11.4 Å². The van der Waals surface area contributed by atoms with Crippen molar-refractivity contribution in [3.63, 3.8) is 0 Å². The normalized spacial score (nSPS) is 13.3. The van der Waals surface area contributed by atoms with Gasteiger partial charge in [-0.2, -0.15) is 0 Å². The molecule has 1 N–H and O–H groups in total. The molecule has 0 fully saturated rings. The Kier molecular flexibility index (Phi) is 9.41. The van der Waals surface area contributed by atoms with Crippen LogP contribution in [-0.4, -0.2) is 19.6 Å². The van der Waals surface area contributed by atoms with Gasteiger partial charge in [0.1, 0.15) is 11.6 Å². The summed E-state index contributed by atoms with van der Waals surface area (Å²) in [4.78, 5) is 10.8. The SMILES string of the molecule is CC(C)(C)c1cc(-c2nc3c(-c4cc(-c5ccccc5)cc(-c5cc6c(cn5)-c5ccccc5C6(C)C)c4)cccc3n2-c2ccccc2-c2ccccc2)c(O)c(C(C)(C)C)c1. The van der Waals surface area contributed by atoms with E-state index in [1.165, 1.54) is 22.3 Å². The molecular weight excluding hydrogens is 767 g/mol. The van der Waals surface area contributed by atoms with E-state index in [0.717, 1.165) is 72.5 Å². The van der Waals surface area contributed by atoms with Crippen molar-refractivity contribution in [1.29, 1.82) is 0 Å². The predicted molar refractivity (Wildman–Crippen MR) is 263 cm³/mol. The van der Waals surface area contributed by atoms with Gasteiger partial charge in [-0.3, -0.25) is 9.55 Å². The van der Waals surface area contributed by atoms with Crippen LogP contribution < -0.4 is 0 Å². The number of aromatic nitrogens is 3. The Hall–Kier alpha value is -7.04. The Morgan fingerprint density at radius 1 is 0.492 bits per heavy atom. The molecule has 2 aromatic heterocycles. The lowest BCUT2D eigenvalue weighted by Crippen LogP contribution is -2.17. The Morgan fingerprint density at radius 2 is 1.11 bits per heavy atom. The number of aromatic hydroxyl groups is 1. The summed E-state index contributed by atoms with van der Waals surface area (Å²) >= 11 is 0. The average Bonchev–Trinajstić information content (AvgIpc) is 3.78. The van der Waals surface area contributed by atoms with Crippen molar-refractivity contribution < 1.29 is 5.11 Å². The molecule has 0 unspecified atom stereocenters. The minimum Gasteiger partial charge on any atom is -0.507 e. The summed E-state index contributed by atoms with van der Waals surface area (Å²) in [6.45, 7) is 17.8. The standard InChI is InChI=1S/C59H53N3O/c1-57(2,3)42-33-46(55(63)50(34-42)58(4,5)6)56-61-54-44(26-19-29-53(54)62(56)52-28-18-16-24-43(52)38-22-13-10-14-23-38)40-30-39(37-20-11-9-12-21-37)31-41(32-40)51-35-49-47(36-60-51)45-25-15-17-27-48(45)59(49,7)8/h9-36,63H,1-8H3. The number of nitrogens with zero attached hydrogens (tertiary/aromatic N) is 3. The minimum absolute atomic E-state index is 0.156. The van der Waals surface area contributed by atoms with Crippen LogP contribution >= 0.6 is 0 Å². The zero-order valence-electron chi connectivity index (χ0n) is 37.5. The highest BCUT2D eigenvalue weighted by atomic mass is 16.3. The lowest BCUT2D eigenvalue weighted by Gasteiger charge is -2.27. The van der Waals surface area contributed by atoms with Gasteiger partial charge in [-0.25, -0.2) is 4.98 Å². The van der Waals surface area contributed by atoms with Crippen molar-refractivity contribution in [2.45, 2.75) is 71.6 Å². The van der Waals surface area contributed by atoms with Gasteiger partial charge in [-0.05, 0) is 97.8 Å². The maximum atomic E-state index is 12.5. The molecule has 0 saturated heterocycles. The quantitative estimate of drug-likeness (QED) is 0.182. The van der Waals surface area contributed by atoms with Gasteiger partial charge in [-0.15, -0.1) is 0 Å². The molecule has 10 rings (SSSR count). The van der Waals surface area contributed by atoms with Crippen LogP contribution in [0.4, 0.5) is 0 Å². The fourth-order valence-electron chi connectivity index (χ4n) is 9.58. The minimum atomic E-state index is -0.318. The molecule has 63 heavy (non-hydrogen) atoms. The molecule has 0 aliphatic heterocycles. The first kappa shape index (κ1) is 40.1. The summed E-state index contributed by atoms with van der Waals surface area (Å²) in [5, 5.41) is 12.5.